The maximum Gasteiger partial charge on any atom is 0.239 e. The number of thioether (sulfide) groups is 1. The molecule has 19 heavy (non-hydrogen) atoms. The molecule has 0 spiro atoms. The van der Waals surface area contributed by atoms with Gasteiger partial charge in [-0.2, -0.15) is 11.8 Å². The number of amides is 1. The lowest BCUT2D eigenvalue weighted by Gasteiger charge is -2.32. The lowest BCUT2D eigenvalue weighted by molar-refractivity contribution is -0.136. The van der Waals surface area contributed by atoms with Gasteiger partial charge in [0.05, 0.1) is 12.1 Å². The minimum Gasteiger partial charge on any atom is -0.376 e. The largest absolute Gasteiger partial charge is 0.376 e. The maximum atomic E-state index is 12.5. The van der Waals surface area contributed by atoms with E-state index >= 15 is 0 Å². The number of ether oxygens (including phenoxy) is 1. The van der Waals surface area contributed by atoms with E-state index in [4.69, 9.17) is 10.5 Å². The summed E-state index contributed by atoms with van der Waals surface area (Å²) in [4.78, 5) is 14.6. The second kappa shape index (κ2) is 7.50. The van der Waals surface area contributed by atoms with Gasteiger partial charge in [0.25, 0.3) is 0 Å². The van der Waals surface area contributed by atoms with Crippen LogP contribution in [0.1, 0.15) is 39.0 Å². The molecule has 2 rings (SSSR count). The fourth-order valence-electron chi connectivity index (χ4n) is 2.84. The van der Waals surface area contributed by atoms with Gasteiger partial charge in [0, 0.05) is 24.9 Å². The molecule has 2 fully saturated rings. The van der Waals surface area contributed by atoms with Gasteiger partial charge in [0.15, 0.2) is 0 Å². The molecule has 0 aromatic rings. The molecule has 0 aliphatic carbocycles. The van der Waals surface area contributed by atoms with Crippen LogP contribution in [0.5, 0.6) is 0 Å². The molecule has 2 saturated heterocycles. The predicted octanol–water partition coefficient (Wildman–Crippen LogP) is 1.63. The number of hydrogen-bond donors (Lipinski definition) is 1. The van der Waals surface area contributed by atoms with E-state index in [-0.39, 0.29) is 18.1 Å². The summed E-state index contributed by atoms with van der Waals surface area (Å²) in [7, 11) is 0. The quantitative estimate of drug-likeness (QED) is 0.806. The van der Waals surface area contributed by atoms with Crippen LogP contribution in [-0.2, 0) is 9.53 Å². The van der Waals surface area contributed by atoms with E-state index < -0.39 is 0 Å². The average molecular weight is 286 g/mol. The Hall–Kier alpha value is -0.260. The monoisotopic (exact) mass is 286 g/mol. The van der Waals surface area contributed by atoms with E-state index in [0.717, 1.165) is 56.8 Å². The first-order valence-corrected chi connectivity index (χ1v) is 8.63. The van der Waals surface area contributed by atoms with Crippen molar-refractivity contribution in [1.29, 1.82) is 0 Å². The van der Waals surface area contributed by atoms with Crippen LogP contribution in [-0.4, -0.2) is 53.7 Å². The Morgan fingerprint density at radius 3 is 2.95 bits per heavy atom. The molecular weight excluding hydrogens is 260 g/mol. The first-order valence-electron chi connectivity index (χ1n) is 7.47. The molecule has 0 saturated carbocycles. The van der Waals surface area contributed by atoms with Gasteiger partial charge < -0.3 is 15.4 Å². The van der Waals surface area contributed by atoms with Gasteiger partial charge in [-0.1, -0.05) is 13.3 Å². The summed E-state index contributed by atoms with van der Waals surface area (Å²) in [5, 5.41) is 0. The molecular formula is C14H26N2O2S. The fourth-order valence-corrected chi connectivity index (χ4v) is 4.07. The van der Waals surface area contributed by atoms with E-state index in [2.05, 4.69) is 6.92 Å². The Bertz CT molecular complexity index is 289. The first kappa shape index (κ1) is 15.1. The molecule has 5 heteroatoms. The molecule has 2 aliphatic heterocycles. The minimum atomic E-state index is -0.336. The Kier molecular flexibility index (Phi) is 5.98. The van der Waals surface area contributed by atoms with Crippen molar-refractivity contribution < 1.29 is 9.53 Å². The molecule has 0 radical (unpaired) electrons. The van der Waals surface area contributed by atoms with Crippen molar-refractivity contribution in [3.63, 3.8) is 0 Å². The van der Waals surface area contributed by atoms with Crippen LogP contribution < -0.4 is 5.73 Å². The predicted molar refractivity (Wildman–Crippen MR) is 79.3 cm³/mol. The van der Waals surface area contributed by atoms with Gasteiger partial charge >= 0.3 is 0 Å². The van der Waals surface area contributed by atoms with Gasteiger partial charge in [-0.15, -0.1) is 0 Å². The molecule has 3 atom stereocenters. The number of hydrogen-bond acceptors (Lipinski definition) is 4. The van der Waals surface area contributed by atoms with E-state index in [0.29, 0.717) is 6.04 Å². The van der Waals surface area contributed by atoms with Crippen molar-refractivity contribution in [2.24, 2.45) is 5.73 Å². The molecule has 4 nitrogen and oxygen atoms in total. The van der Waals surface area contributed by atoms with Crippen LogP contribution in [0, 0.1) is 0 Å². The first-order chi connectivity index (χ1) is 9.22. The summed E-state index contributed by atoms with van der Waals surface area (Å²) in [6, 6.07) is 0.0293. The summed E-state index contributed by atoms with van der Waals surface area (Å²) in [6.07, 6.45) is 5.26. The van der Waals surface area contributed by atoms with Crippen molar-refractivity contribution >= 4 is 17.7 Å². The molecule has 110 valence electrons. The SMILES string of the molecule is CCC[C@@H](N)C(=O)N(CC1CCCO1)C1CCSC1. The van der Waals surface area contributed by atoms with E-state index in [1.165, 1.54) is 0 Å². The molecule has 0 aromatic carbocycles. The second-order valence-electron chi connectivity index (χ2n) is 5.54. The van der Waals surface area contributed by atoms with Crippen LogP contribution in [0.15, 0.2) is 0 Å². The van der Waals surface area contributed by atoms with Gasteiger partial charge in [-0.05, 0) is 31.4 Å². The van der Waals surface area contributed by atoms with Crippen LogP contribution in [0.3, 0.4) is 0 Å². The Balaban J connectivity index is 1.97. The zero-order valence-corrected chi connectivity index (χ0v) is 12.7. The second-order valence-corrected chi connectivity index (χ2v) is 6.69. The Labute approximate surface area is 120 Å². The van der Waals surface area contributed by atoms with Crippen molar-refractivity contribution in [3.8, 4) is 0 Å². The highest BCUT2D eigenvalue weighted by Gasteiger charge is 2.32. The number of nitrogens with zero attached hydrogens (tertiary/aromatic N) is 1. The normalized spacial score (nSPS) is 28.5. The topological polar surface area (TPSA) is 55.6 Å². The minimum absolute atomic E-state index is 0.129. The molecule has 1 amide bonds. The van der Waals surface area contributed by atoms with E-state index in [1.54, 1.807) is 0 Å². The van der Waals surface area contributed by atoms with E-state index in [1.807, 2.05) is 16.7 Å². The van der Waals surface area contributed by atoms with Crippen molar-refractivity contribution in [3.05, 3.63) is 0 Å². The van der Waals surface area contributed by atoms with Gasteiger partial charge in [-0.25, -0.2) is 0 Å². The lowest BCUT2D eigenvalue weighted by atomic mass is 10.1. The summed E-state index contributed by atoms with van der Waals surface area (Å²) in [6.45, 7) is 3.65. The third kappa shape index (κ3) is 4.10. The highest BCUT2D eigenvalue weighted by atomic mass is 32.2. The standard InChI is InChI=1S/C14H26N2O2S/c1-2-4-13(15)14(17)16(11-6-8-19-10-11)9-12-5-3-7-18-12/h11-13H,2-10,15H2,1H3/t11?,12?,13-/m1/s1. The third-order valence-corrected chi connectivity index (χ3v) is 5.12. The molecule has 2 N–H and O–H groups in total. The highest BCUT2D eigenvalue weighted by molar-refractivity contribution is 7.99. The maximum absolute atomic E-state index is 12.5. The number of carbonyl (C=O) groups is 1. The summed E-state index contributed by atoms with van der Waals surface area (Å²) < 4.78 is 5.69. The number of carbonyl (C=O) groups excluding carboxylic acids is 1. The average Bonchev–Trinajstić information content (AvgIpc) is 3.08. The molecule has 2 unspecified atom stereocenters. The number of rotatable bonds is 6. The highest BCUT2D eigenvalue weighted by Crippen LogP contribution is 2.25. The summed E-state index contributed by atoms with van der Waals surface area (Å²) in [5.41, 5.74) is 6.03. The van der Waals surface area contributed by atoms with Crippen LogP contribution in [0.25, 0.3) is 0 Å². The summed E-state index contributed by atoms with van der Waals surface area (Å²) in [5.74, 6) is 2.34. The Morgan fingerprint density at radius 1 is 1.53 bits per heavy atom. The van der Waals surface area contributed by atoms with E-state index in [9.17, 15) is 4.79 Å². The van der Waals surface area contributed by atoms with Crippen LogP contribution in [0.2, 0.25) is 0 Å². The van der Waals surface area contributed by atoms with Gasteiger partial charge in [0.1, 0.15) is 0 Å². The zero-order chi connectivity index (χ0) is 13.7. The lowest BCUT2D eigenvalue weighted by Crippen LogP contribution is -2.51. The van der Waals surface area contributed by atoms with Crippen molar-refractivity contribution in [1.82, 2.24) is 4.90 Å². The van der Waals surface area contributed by atoms with Gasteiger partial charge in [0.2, 0.25) is 5.91 Å². The number of nitrogens with two attached hydrogens (primary N) is 1. The third-order valence-electron chi connectivity index (χ3n) is 3.97. The van der Waals surface area contributed by atoms with Crippen LogP contribution >= 0.6 is 11.8 Å². The smallest absolute Gasteiger partial charge is 0.239 e. The summed E-state index contributed by atoms with van der Waals surface area (Å²) >= 11 is 1.94. The Morgan fingerprint density at radius 2 is 2.37 bits per heavy atom. The zero-order valence-electron chi connectivity index (χ0n) is 11.8. The molecule has 0 bridgehead atoms. The molecule has 2 aliphatic rings. The van der Waals surface area contributed by atoms with Crippen molar-refractivity contribution in [2.45, 2.75) is 57.2 Å². The fraction of sp³-hybridized carbons (Fsp3) is 0.929. The molecule has 0 aromatic heterocycles. The molecule has 2 heterocycles. The van der Waals surface area contributed by atoms with Crippen LogP contribution in [0.4, 0.5) is 0 Å². The van der Waals surface area contributed by atoms with Gasteiger partial charge in [-0.3, -0.25) is 4.79 Å². The van der Waals surface area contributed by atoms with Crippen molar-refractivity contribution in [2.75, 3.05) is 24.7 Å².